The molecular formula is C17H23IN4O3. The van der Waals surface area contributed by atoms with Gasteiger partial charge in [-0.2, -0.15) is 0 Å². The van der Waals surface area contributed by atoms with E-state index in [0.29, 0.717) is 31.3 Å². The summed E-state index contributed by atoms with van der Waals surface area (Å²) in [5, 5.41) is 9.15. The second-order valence-electron chi connectivity index (χ2n) is 4.98. The molecule has 0 spiro atoms. The highest BCUT2D eigenvalue weighted by Gasteiger charge is 2.08. The van der Waals surface area contributed by atoms with Crippen LogP contribution in [0.2, 0.25) is 0 Å². The average Bonchev–Trinajstić information content (AvgIpc) is 3.13. The number of nitrogens with one attached hydrogen (secondary N) is 3. The van der Waals surface area contributed by atoms with Crippen LogP contribution in [0.1, 0.15) is 16.1 Å². The number of ether oxygens (including phenoxy) is 1. The maximum absolute atomic E-state index is 12.0. The molecule has 1 aromatic carbocycles. The first kappa shape index (κ1) is 21.0. The molecule has 0 saturated heterocycles. The van der Waals surface area contributed by atoms with Gasteiger partial charge in [0.25, 0.3) is 5.91 Å². The predicted octanol–water partition coefficient (Wildman–Crippen LogP) is 2.46. The average molecular weight is 458 g/mol. The Morgan fingerprint density at radius 2 is 2.08 bits per heavy atom. The summed E-state index contributed by atoms with van der Waals surface area (Å²) in [4.78, 5) is 16.1. The van der Waals surface area contributed by atoms with Crippen molar-refractivity contribution in [2.75, 3.05) is 32.6 Å². The number of aliphatic imine (C=N–C) groups is 1. The Bertz CT molecular complexity index is 674. The van der Waals surface area contributed by atoms with Crippen LogP contribution in [0.5, 0.6) is 0 Å². The second kappa shape index (κ2) is 11.5. The highest BCUT2D eigenvalue weighted by atomic mass is 127. The van der Waals surface area contributed by atoms with E-state index >= 15 is 0 Å². The number of halogens is 1. The zero-order valence-electron chi connectivity index (χ0n) is 14.2. The van der Waals surface area contributed by atoms with Gasteiger partial charge in [0.2, 0.25) is 0 Å². The molecule has 0 aliphatic heterocycles. The molecule has 0 unspecified atom stereocenters. The first-order valence-corrected chi connectivity index (χ1v) is 7.60. The van der Waals surface area contributed by atoms with Crippen molar-refractivity contribution in [3.63, 3.8) is 0 Å². The van der Waals surface area contributed by atoms with Crippen molar-refractivity contribution in [1.29, 1.82) is 0 Å². The van der Waals surface area contributed by atoms with Gasteiger partial charge in [0.1, 0.15) is 0 Å². The fraction of sp³-hybridized carbons (Fsp3) is 0.294. The molecule has 7 nitrogen and oxygen atoms in total. The van der Waals surface area contributed by atoms with E-state index in [2.05, 4.69) is 20.9 Å². The number of benzene rings is 1. The zero-order valence-corrected chi connectivity index (χ0v) is 16.6. The zero-order chi connectivity index (χ0) is 17.2. The number of hydrogen-bond donors (Lipinski definition) is 3. The van der Waals surface area contributed by atoms with Crippen LogP contribution in [0.15, 0.2) is 52.1 Å². The van der Waals surface area contributed by atoms with Crippen LogP contribution in [0.4, 0.5) is 5.69 Å². The van der Waals surface area contributed by atoms with Gasteiger partial charge >= 0.3 is 0 Å². The molecule has 0 saturated carbocycles. The quantitative estimate of drug-likeness (QED) is 0.257. The molecule has 2 aromatic rings. The molecule has 8 heteroatoms. The number of carbonyl (C=O) groups is 1. The van der Waals surface area contributed by atoms with Crippen molar-refractivity contribution in [3.05, 3.63) is 54.0 Å². The van der Waals surface area contributed by atoms with Crippen molar-refractivity contribution in [2.45, 2.75) is 6.54 Å². The van der Waals surface area contributed by atoms with Gasteiger partial charge in [0, 0.05) is 32.9 Å². The third-order valence-electron chi connectivity index (χ3n) is 3.21. The number of anilines is 1. The molecule has 0 atom stereocenters. The third kappa shape index (κ3) is 7.14. The van der Waals surface area contributed by atoms with Gasteiger partial charge in [0.05, 0.1) is 12.9 Å². The number of hydrogen-bond acceptors (Lipinski definition) is 4. The number of furan rings is 1. The summed E-state index contributed by atoms with van der Waals surface area (Å²) in [7, 11) is 3.36. The summed E-state index contributed by atoms with van der Waals surface area (Å²) in [6.45, 7) is 1.86. The van der Waals surface area contributed by atoms with Gasteiger partial charge in [-0.15, -0.1) is 24.0 Å². The maximum Gasteiger partial charge on any atom is 0.291 e. The second-order valence-corrected chi connectivity index (χ2v) is 4.98. The van der Waals surface area contributed by atoms with Crippen molar-refractivity contribution in [2.24, 2.45) is 4.99 Å². The van der Waals surface area contributed by atoms with Crippen LogP contribution in [-0.2, 0) is 11.3 Å². The van der Waals surface area contributed by atoms with E-state index in [9.17, 15) is 4.79 Å². The smallest absolute Gasteiger partial charge is 0.291 e. The Morgan fingerprint density at radius 3 is 2.76 bits per heavy atom. The van der Waals surface area contributed by atoms with Crippen molar-refractivity contribution in [1.82, 2.24) is 10.6 Å². The molecule has 0 aliphatic rings. The normalized spacial score (nSPS) is 10.7. The van der Waals surface area contributed by atoms with Crippen LogP contribution in [0.3, 0.4) is 0 Å². The molecule has 0 aliphatic carbocycles. The summed E-state index contributed by atoms with van der Waals surface area (Å²) in [5.41, 5.74) is 1.72. The maximum atomic E-state index is 12.0. The lowest BCUT2D eigenvalue weighted by atomic mass is 10.2. The monoisotopic (exact) mass is 458 g/mol. The van der Waals surface area contributed by atoms with E-state index < -0.39 is 0 Å². The number of carbonyl (C=O) groups excluding carboxylic acids is 1. The number of guanidine groups is 1. The van der Waals surface area contributed by atoms with E-state index in [1.54, 1.807) is 26.3 Å². The topological polar surface area (TPSA) is 87.9 Å². The lowest BCUT2D eigenvalue weighted by Crippen LogP contribution is -2.38. The van der Waals surface area contributed by atoms with Gasteiger partial charge in [-0.3, -0.25) is 9.79 Å². The molecule has 3 N–H and O–H groups in total. The molecule has 1 aromatic heterocycles. The van der Waals surface area contributed by atoms with Crippen LogP contribution in [0.25, 0.3) is 0 Å². The molecule has 0 radical (unpaired) electrons. The Morgan fingerprint density at radius 1 is 1.24 bits per heavy atom. The van der Waals surface area contributed by atoms with E-state index in [4.69, 9.17) is 9.15 Å². The minimum absolute atomic E-state index is 0. The summed E-state index contributed by atoms with van der Waals surface area (Å²) < 4.78 is 10.1. The van der Waals surface area contributed by atoms with Crippen LogP contribution in [0, 0.1) is 0 Å². The summed E-state index contributed by atoms with van der Waals surface area (Å²) in [6.07, 6.45) is 1.47. The van der Waals surface area contributed by atoms with E-state index in [-0.39, 0.29) is 35.6 Å². The van der Waals surface area contributed by atoms with E-state index in [0.717, 1.165) is 5.56 Å². The highest BCUT2D eigenvalue weighted by molar-refractivity contribution is 14.0. The summed E-state index contributed by atoms with van der Waals surface area (Å²) >= 11 is 0. The Kier molecular flexibility index (Phi) is 9.63. The molecular weight excluding hydrogens is 435 g/mol. The molecule has 136 valence electrons. The summed E-state index contributed by atoms with van der Waals surface area (Å²) in [5.74, 6) is 0.695. The molecule has 1 heterocycles. The molecule has 25 heavy (non-hydrogen) atoms. The van der Waals surface area contributed by atoms with Crippen molar-refractivity contribution >= 4 is 41.5 Å². The van der Waals surface area contributed by atoms with Gasteiger partial charge < -0.3 is 25.1 Å². The lowest BCUT2D eigenvalue weighted by molar-refractivity contribution is 0.0996. The lowest BCUT2D eigenvalue weighted by Gasteiger charge is -2.12. The minimum Gasteiger partial charge on any atom is -0.459 e. The molecule has 0 bridgehead atoms. The first-order chi connectivity index (χ1) is 11.7. The van der Waals surface area contributed by atoms with E-state index in [1.807, 2.05) is 24.3 Å². The van der Waals surface area contributed by atoms with E-state index in [1.165, 1.54) is 6.26 Å². The number of rotatable bonds is 7. The van der Waals surface area contributed by atoms with Gasteiger partial charge in [-0.25, -0.2) is 0 Å². The van der Waals surface area contributed by atoms with Gasteiger partial charge in [0.15, 0.2) is 11.7 Å². The molecule has 2 rings (SSSR count). The first-order valence-electron chi connectivity index (χ1n) is 7.60. The van der Waals surface area contributed by atoms with Gasteiger partial charge in [-0.05, 0) is 29.8 Å². The molecule has 1 amide bonds. The Hall–Kier alpha value is -2.07. The predicted molar refractivity (Wildman–Crippen MR) is 109 cm³/mol. The Labute approximate surface area is 164 Å². The fourth-order valence-electron chi connectivity index (χ4n) is 2.04. The van der Waals surface area contributed by atoms with Crippen LogP contribution >= 0.6 is 24.0 Å². The van der Waals surface area contributed by atoms with Crippen LogP contribution < -0.4 is 16.0 Å². The number of amides is 1. The van der Waals surface area contributed by atoms with Crippen molar-refractivity contribution in [3.8, 4) is 0 Å². The highest BCUT2D eigenvalue weighted by Crippen LogP contribution is 2.12. The Balaban J connectivity index is 0.00000312. The minimum atomic E-state index is -0.276. The summed E-state index contributed by atoms with van der Waals surface area (Å²) in [6, 6.07) is 10.9. The number of methoxy groups -OCH3 is 1. The van der Waals surface area contributed by atoms with Crippen molar-refractivity contribution < 1.29 is 13.9 Å². The van der Waals surface area contributed by atoms with Gasteiger partial charge in [-0.1, -0.05) is 12.1 Å². The fourth-order valence-corrected chi connectivity index (χ4v) is 2.04. The number of nitrogens with zero attached hydrogens (tertiary/aromatic N) is 1. The van der Waals surface area contributed by atoms with Crippen LogP contribution in [-0.4, -0.2) is 39.2 Å². The third-order valence-corrected chi connectivity index (χ3v) is 3.21. The largest absolute Gasteiger partial charge is 0.459 e. The SMILES string of the molecule is CN=C(NCCOC)NCc1cccc(NC(=O)c2ccco2)c1.I. The standard InChI is InChI=1S/C17H22N4O3.HI/c1-18-17(19-8-10-23-2)20-12-13-5-3-6-14(11-13)21-16(22)15-7-4-9-24-15;/h3-7,9,11H,8,10,12H2,1-2H3,(H,21,22)(H2,18,19,20);1H. The molecule has 0 fully saturated rings.